The molecule has 3 heteroatoms. The Morgan fingerprint density at radius 3 is 2.47 bits per heavy atom. The van der Waals surface area contributed by atoms with Crippen LogP contribution in [0.15, 0.2) is 48.5 Å². The molecule has 0 aromatic heterocycles. The van der Waals surface area contributed by atoms with Gasteiger partial charge < -0.3 is 10.6 Å². The van der Waals surface area contributed by atoms with E-state index in [4.69, 9.17) is 5.73 Å². The van der Waals surface area contributed by atoms with Crippen LogP contribution in [-0.4, -0.2) is 6.04 Å². The van der Waals surface area contributed by atoms with Gasteiger partial charge in [-0.25, -0.2) is 4.39 Å². The minimum atomic E-state index is -0.270. The lowest BCUT2D eigenvalue weighted by molar-refractivity contribution is 0.626. The van der Waals surface area contributed by atoms with Gasteiger partial charge in [-0.3, -0.25) is 0 Å². The van der Waals surface area contributed by atoms with E-state index < -0.39 is 0 Å². The number of benzene rings is 2. The molecular weight excluding hydrogens is 239 g/mol. The highest BCUT2D eigenvalue weighted by Crippen LogP contribution is 2.34. The number of halogens is 1. The molecule has 1 aliphatic rings. The SMILES string of the molecule is Nc1cc(F)cc(N(Cc2ccccc2)C2CC2)c1. The van der Waals surface area contributed by atoms with Gasteiger partial charge in [0.25, 0.3) is 0 Å². The first-order valence-electron chi connectivity index (χ1n) is 6.59. The Kier molecular flexibility index (Phi) is 3.11. The summed E-state index contributed by atoms with van der Waals surface area (Å²) in [5, 5.41) is 0. The van der Waals surface area contributed by atoms with Crippen LogP contribution in [0.4, 0.5) is 15.8 Å². The Labute approximate surface area is 112 Å². The maximum Gasteiger partial charge on any atom is 0.127 e. The normalized spacial score (nSPS) is 14.4. The molecule has 0 saturated heterocycles. The molecule has 0 heterocycles. The molecular formula is C16H17FN2. The summed E-state index contributed by atoms with van der Waals surface area (Å²) in [5.74, 6) is -0.270. The number of nitrogens with two attached hydrogens (primary N) is 1. The number of anilines is 2. The summed E-state index contributed by atoms with van der Waals surface area (Å²) in [4.78, 5) is 2.24. The minimum Gasteiger partial charge on any atom is -0.399 e. The molecule has 0 spiro atoms. The lowest BCUT2D eigenvalue weighted by Crippen LogP contribution is -2.25. The predicted octanol–water partition coefficient (Wildman–Crippen LogP) is 3.58. The van der Waals surface area contributed by atoms with Crippen LogP contribution in [0.1, 0.15) is 18.4 Å². The standard InChI is InChI=1S/C16H17FN2/c17-13-8-14(18)10-16(9-13)19(15-6-7-15)11-12-4-2-1-3-5-12/h1-5,8-10,15H,6-7,11,18H2. The van der Waals surface area contributed by atoms with Crippen LogP contribution in [0.25, 0.3) is 0 Å². The number of nitrogen functional groups attached to an aromatic ring is 1. The Morgan fingerprint density at radius 2 is 1.84 bits per heavy atom. The quantitative estimate of drug-likeness (QED) is 0.847. The number of hydrogen-bond donors (Lipinski definition) is 1. The molecule has 2 aromatic rings. The van der Waals surface area contributed by atoms with Crippen molar-refractivity contribution in [1.29, 1.82) is 0 Å². The molecule has 0 bridgehead atoms. The third-order valence-electron chi connectivity index (χ3n) is 3.42. The minimum absolute atomic E-state index is 0.270. The molecule has 1 aliphatic carbocycles. The van der Waals surface area contributed by atoms with E-state index in [-0.39, 0.29) is 5.82 Å². The van der Waals surface area contributed by atoms with Crippen molar-refractivity contribution in [2.45, 2.75) is 25.4 Å². The molecule has 0 unspecified atom stereocenters. The van der Waals surface area contributed by atoms with Gasteiger partial charge >= 0.3 is 0 Å². The average Bonchev–Trinajstić information content (AvgIpc) is 3.20. The summed E-state index contributed by atoms with van der Waals surface area (Å²) in [7, 11) is 0. The zero-order valence-corrected chi connectivity index (χ0v) is 10.7. The molecule has 0 aliphatic heterocycles. The highest BCUT2D eigenvalue weighted by molar-refractivity contribution is 5.57. The molecule has 2 nitrogen and oxygen atoms in total. The van der Waals surface area contributed by atoms with Crippen LogP contribution in [0.3, 0.4) is 0 Å². The zero-order chi connectivity index (χ0) is 13.2. The Balaban J connectivity index is 1.88. The van der Waals surface area contributed by atoms with Crippen LogP contribution in [0.5, 0.6) is 0 Å². The van der Waals surface area contributed by atoms with Crippen LogP contribution in [-0.2, 0) is 6.54 Å². The maximum absolute atomic E-state index is 13.5. The molecule has 2 aromatic carbocycles. The lowest BCUT2D eigenvalue weighted by Gasteiger charge is -2.25. The lowest BCUT2D eigenvalue weighted by atomic mass is 10.2. The van der Waals surface area contributed by atoms with Gasteiger partial charge in [0.1, 0.15) is 5.82 Å². The van der Waals surface area contributed by atoms with Crippen molar-refractivity contribution in [1.82, 2.24) is 0 Å². The number of rotatable bonds is 4. The van der Waals surface area contributed by atoms with E-state index in [0.29, 0.717) is 11.7 Å². The maximum atomic E-state index is 13.5. The second-order valence-electron chi connectivity index (χ2n) is 5.09. The van der Waals surface area contributed by atoms with E-state index in [1.54, 1.807) is 6.07 Å². The molecule has 98 valence electrons. The van der Waals surface area contributed by atoms with E-state index in [0.717, 1.165) is 12.2 Å². The Hall–Kier alpha value is -2.03. The fourth-order valence-corrected chi connectivity index (χ4v) is 2.36. The second-order valence-corrected chi connectivity index (χ2v) is 5.09. The molecule has 1 saturated carbocycles. The van der Waals surface area contributed by atoms with Crippen molar-refractivity contribution in [2.75, 3.05) is 10.6 Å². The fourth-order valence-electron chi connectivity index (χ4n) is 2.36. The smallest absolute Gasteiger partial charge is 0.127 e. The molecule has 1 fully saturated rings. The third-order valence-corrected chi connectivity index (χ3v) is 3.42. The summed E-state index contributed by atoms with van der Waals surface area (Å²) in [6.45, 7) is 0.800. The number of hydrogen-bond acceptors (Lipinski definition) is 2. The molecule has 0 radical (unpaired) electrons. The average molecular weight is 256 g/mol. The van der Waals surface area contributed by atoms with Gasteiger partial charge in [-0.1, -0.05) is 30.3 Å². The van der Waals surface area contributed by atoms with Crippen molar-refractivity contribution in [3.8, 4) is 0 Å². The third kappa shape index (κ3) is 2.87. The van der Waals surface area contributed by atoms with Crippen molar-refractivity contribution in [2.24, 2.45) is 0 Å². The first-order valence-corrected chi connectivity index (χ1v) is 6.59. The van der Waals surface area contributed by atoms with Gasteiger partial charge in [0.2, 0.25) is 0 Å². The first-order chi connectivity index (χ1) is 9.22. The number of nitrogens with zero attached hydrogens (tertiary/aromatic N) is 1. The predicted molar refractivity (Wildman–Crippen MR) is 76.5 cm³/mol. The second kappa shape index (κ2) is 4.92. The van der Waals surface area contributed by atoms with Crippen LogP contribution >= 0.6 is 0 Å². The molecule has 3 rings (SSSR count). The van der Waals surface area contributed by atoms with Gasteiger partial charge in [-0.2, -0.15) is 0 Å². The van der Waals surface area contributed by atoms with Crippen molar-refractivity contribution < 1.29 is 4.39 Å². The summed E-state index contributed by atoms with van der Waals surface area (Å²) in [5.41, 5.74) is 8.34. The summed E-state index contributed by atoms with van der Waals surface area (Å²) < 4.78 is 13.5. The van der Waals surface area contributed by atoms with E-state index >= 15 is 0 Å². The van der Waals surface area contributed by atoms with Gasteiger partial charge in [0.15, 0.2) is 0 Å². The topological polar surface area (TPSA) is 29.3 Å². The van der Waals surface area contributed by atoms with E-state index in [1.807, 2.05) is 24.3 Å². The summed E-state index contributed by atoms with van der Waals surface area (Å²) in [6, 6.07) is 15.5. The molecule has 19 heavy (non-hydrogen) atoms. The van der Waals surface area contributed by atoms with E-state index in [1.165, 1.54) is 24.5 Å². The van der Waals surface area contributed by atoms with Gasteiger partial charge in [-0.05, 0) is 36.6 Å². The highest BCUT2D eigenvalue weighted by Gasteiger charge is 2.29. The molecule has 2 N–H and O–H groups in total. The van der Waals surface area contributed by atoms with Gasteiger partial charge in [0.05, 0.1) is 0 Å². The Bertz CT molecular complexity index is 544. The van der Waals surface area contributed by atoms with Crippen LogP contribution in [0.2, 0.25) is 0 Å². The fraction of sp³-hybridized carbons (Fsp3) is 0.250. The molecule has 0 amide bonds. The zero-order valence-electron chi connectivity index (χ0n) is 10.7. The van der Waals surface area contributed by atoms with E-state index in [2.05, 4.69) is 17.0 Å². The van der Waals surface area contributed by atoms with Crippen LogP contribution < -0.4 is 10.6 Å². The highest BCUT2D eigenvalue weighted by atomic mass is 19.1. The molecule has 0 atom stereocenters. The van der Waals surface area contributed by atoms with Crippen molar-refractivity contribution >= 4 is 11.4 Å². The Morgan fingerprint density at radius 1 is 1.11 bits per heavy atom. The summed E-state index contributed by atoms with van der Waals surface area (Å²) >= 11 is 0. The van der Waals surface area contributed by atoms with Gasteiger partial charge in [-0.15, -0.1) is 0 Å². The van der Waals surface area contributed by atoms with Crippen LogP contribution in [0, 0.1) is 5.82 Å². The summed E-state index contributed by atoms with van der Waals surface area (Å²) in [6.07, 6.45) is 2.34. The monoisotopic (exact) mass is 256 g/mol. The van der Waals surface area contributed by atoms with E-state index in [9.17, 15) is 4.39 Å². The largest absolute Gasteiger partial charge is 0.399 e. The first kappa shape index (κ1) is 12.0. The van der Waals surface area contributed by atoms with Crippen molar-refractivity contribution in [3.05, 3.63) is 59.9 Å². The van der Waals surface area contributed by atoms with Gasteiger partial charge in [0, 0.05) is 24.0 Å². The van der Waals surface area contributed by atoms with Crippen molar-refractivity contribution in [3.63, 3.8) is 0 Å².